The van der Waals surface area contributed by atoms with Crippen LogP contribution >= 0.6 is 0 Å². The number of aryl methyl sites for hydroxylation is 1. The van der Waals surface area contributed by atoms with Crippen molar-refractivity contribution in [3.8, 4) is 0 Å². The van der Waals surface area contributed by atoms with E-state index in [-0.39, 0.29) is 11.3 Å². The van der Waals surface area contributed by atoms with E-state index >= 15 is 0 Å². The fraction of sp³-hybridized carbons (Fsp3) is 0.742. The van der Waals surface area contributed by atoms with Crippen LogP contribution in [0.4, 0.5) is 0 Å². The minimum atomic E-state index is -0.643. The zero-order valence-electron chi connectivity index (χ0n) is 22.6. The number of hydrogen-bond donors (Lipinski definition) is 1. The van der Waals surface area contributed by atoms with E-state index < -0.39 is 5.60 Å². The van der Waals surface area contributed by atoms with Crippen LogP contribution in [0, 0.1) is 47.3 Å². The van der Waals surface area contributed by atoms with Crippen molar-refractivity contribution in [2.75, 3.05) is 13.7 Å². The number of ether oxygens (including phenoxy) is 1. The molecule has 6 rings (SSSR count). The van der Waals surface area contributed by atoms with Crippen LogP contribution < -0.4 is 0 Å². The molecule has 4 fully saturated rings. The number of aromatic nitrogens is 2. The predicted octanol–water partition coefficient (Wildman–Crippen LogP) is 5.95. The van der Waals surface area contributed by atoms with Gasteiger partial charge in [0.1, 0.15) is 0 Å². The number of nitrogens with zero attached hydrogens (tertiary/aromatic N) is 2. The molecule has 4 saturated carbocycles. The Morgan fingerprint density at radius 2 is 1.89 bits per heavy atom. The maximum Gasteiger partial charge on any atom is 0.157 e. The third-order valence-corrected chi connectivity index (χ3v) is 11.7. The molecule has 196 valence electrons. The summed E-state index contributed by atoms with van der Waals surface area (Å²) in [5.74, 6) is 3.24. The van der Waals surface area contributed by atoms with Crippen LogP contribution in [0.5, 0.6) is 0 Å². The van der Waals surface area contributed by atoms with Gasteiger partial charge in [-0.3, -0.25) is 9.48 Å². The Kier molecular flexibility index (Phi) is 5.92. The van der Waals surface area contributed by atoms with Crippen molar-refractivity contribution in [1.29, 1.82) is 0 Å². The van der Waals surface area contributed by atoms with Crippen LogP contribution in [0.3, 0.4) is 0 Å². The lowest BCUT2D eigenvalue weighted by molar-refractivity contribution is -0.164. The summed E-state index contributed by atoms with van der Waals surface area (Å²) < 4.78 is 7.26. The van der Waals surface area contributed by atoms with E-state index in [1.54, 1.807) is 7.11 Å². The lowest BCUT2D eigenvalue weighted by Crippen LogP contribution is -2.56. The Hall–Kier alpha value is -1.72. The lowest BCUT2D eigenvalue weighted by atomic mass is 9.44. The molecule has 0 spiro atoms. The smallest absolute Gasteiger partial charge is 0.157 e. The summed E-state index contributed by atoms with van der Waals surface area (Å²) in [6.07, 6.45) is 12.0. The summed E-state index contributed by atoms with van der Waals surface area (Å²) in [7, 11) is 1.71. The minimum absolute atomic E-state index is 0.121. The molecule has 0 saturated heterocycles. The highest BCUT2D eigenvalue weighted by atomic mass is 16.5. The summed E-state index contributed by atoms with van der Waals surface area (Å²) >= 11 is 0. The van der Waals surface area contributed by atoms with Gasteiger partial charge in [-0.05, 0) is 111 Å². The minimum Gasteiger partial charge on any atom is -0.387 e. The molecular weight excluding hydrogens is 448 g/mol. The van der Waals surface area contributed by atoms with Crippen LogP contribution in [0.1, 0.15) is 77.2 Å². The van der Waals surface area contributed by atoms with Gasteiger partial charge in [-0.15, -0.1) is 0 Å². The third-order valence-electron chi connectivity index (χ3n) is 11.7. The molecule has 1 aromatic heterocycles. The van der Waals surface area contributed by atoms with Gasteiger partial charge in [0.15, 0.2) is 5.78 Å². The van der Waals surface area contributed by atoms with Gasteiger partial charge in [-0.2, -0.15) is 5.10 Å². The molecule has 0 aliphatic heterocycles. The molecule has 8 atom stereocenters. The van der Waals surface area contributed by atoms with Crippen molar-refractivity contribution in [3.05, 3.63) is 30.0 Å². The number of Topliss-reactive ketones (excluding diaryl/α,β-unsaturated/α-hetero) is 1. The molecule has 1 N–H and O–H groups in total. The summed E-state index contributed by atoms with van der Waals surface area (Å²) in [5.41, 5.74) is 1.98. The van der Waals surface area contributed by atoms with Crippen molar-refractivity contribution >= 4 is 16.7 Å². The van der Waals surface area contributed by atoms with Crippen molar-refractivity contribution in [2.45, 2.75) is 90.7 Å². The summed E-state index contributed by atoms with van der Waals surface area (Å²) in [6, 6.07) is 6.31. The maximum absolute atomic E-state index is 13.7. The average Bonchev–Trinajstić information content (AvgIpc) is 3.39. The number of carbonyl (C=O) groups is 1. The number of benzene rings is 1. The molecular formula is C31H44N2O3. The van der Waals surface area contributed by atoms with Gasteiger partial charge in [0.05, 0.1) is 24.3 Å². The third kappa shape index (κ3) is 3.79. The number of aliphatic hydroxyl groups is 1. The zero-order valence-corrected chi connectivity index (χ0v) is 22.6. The number of methoxy groups -OCH3 is 1. The first-order chi connectivity index (χ1) is 17.1. The fourth-order valence-corrected chi connectivity index (χ4v) is 9.78. The molecule has 4 aliphatic carbocycles. The molecule has 1 heterocycles. The second-order valence-corrected chi connectivity index (χ2v) is 13.5. The van der Waals surface area contributed by atoms with E-state index in [9.17, 15) is 9.90 Å². The number of rotatable bonds is 5. The Morgan fingerprint density at radius 1 is 1.08 bits per heavy atom. The van der Waals surface area contributed by atoms with Crippen LogP contribution in [-0.2, 0) is 16.1 Å². The first-order valence-corrected chi connectivity index (χ1v) is 14.3. The van der Waals surface area contributed by atoms with E-state index in [1.807, 2.05) is 10.9 Å². The highest BCUT2D eigenvalue weighted by Gasteiger charge is 2.62. The molecule has 0 unspecified atom stereocenters. The van der Waals surface area contributed by atoms with Crippen molar-refractivity contribution < 1.29 is 14.6 Å². The molecule has 0 bridgehead atoms. The van der Waals surface area contributed by atoms with Gasteiger partial charge >= 0.3 is 0 Å². The zero-order chi connectivity index (χ0) is 25.3. The van der Waals surface area contributed by atoms with Crippen molar-refractivity contribution in [2.24, 2.45) is 40.4 Å². The second-order valence-electron chi connectivity index (χ2n) is 13.5. The molecule has 0 amide bonds. The van der Waals surface area contributed by atoms with Crippen LogP contribution in [0.2, 0.25) is 0 Å². The molecule has 2 aromatic rings. The number of fused-ring (bicyclic) bond motifs is 6. The Bertz CT molecular complexity index is 1160. The standard InChI is InChI=1S/C31H44N2O3/c1-20-5-6-21-17-33(32-27(21)15-20)18-28(34)26-10-9-24-23-8-7-22-16-31(35,19-36-4)14-13-29(22,2)25(23)11-12-30(24,26)3/h5-6,15,17,22-26,35H,7-14,16,18-19H2,1-4H3/t22-,23-,24-,25-,26+,29-,30-,31+/m0/s1. The first kappa shape index (κ1) is 24.6. The Balaban J connectivity index is 1.18. The van der Waals surface area contributed by atoms with Gasteiger partial charge in [-0.25, -0.2) is 0 Å². The normalized spacial score (nSPS) is 42.1. The second kappa shape index (κ2) is 8.66. The molecule has 36 heavy (non-hydrogen) atoms. The van der Waals surface area contributed by atoms with E-state index in [0.29, 0.717) is 36.2 Å². The lowest BCUT2D eigenvalue weighted by Gasteiger charge is -2.62. The quantitative estimate of drug-likeness (QED) is 0.560. The summed E-state index contributed by atoms with van der Waals surface area (Å²) in [6.45, 7) is 7.92. The molecule has 1 aromatic carbocycles. The van der Waals surface area contributed by atoms with Gasteiger partial charge in [0.2, 0.25) is 0 Å². The number of carbonyl (C=O) groups excluding carboxylic acids is 1. The van der Waals surface area contributed by atoms with Gasteiger partial charge in [0.25, 0.3) is 0 Å². The maximum atomic E-state index is 13.7. The van der Waals surface area contributed by atoms with Crippen LogP contribution in [0.25, 0.3) is 10.9 Å². The van der Waals surface area contributed by atoms with E-state index in [4.69, 9.17) is 9.84 Å². The van der Waals surface area contributed by atoms with Gasteiger partial charge in [0, 0.05) is 24.6 Å². The van der Waals surface area contributed by atoms with Crippen molar-refractivity contribution in [1.82, 2.24) is 9.78 Å². The summed E-state index contributed by atoms with van der Waals surface area (Å²) in [5, 5.41) is 17.0. The van der Waals surface area contributed by atoms with Crippen LogP contribution in [0.15, 0.2) is 24.4 Å². The molecule has 0 radical (unpaired) electrons. The predicted molar refractivity (Wildman–Crippen MR) is 142 cm³/mol. The van der Waals surface area contributed by atoms with Gasteiger partial charge < -0.3 is 9.84 Å². The van der Waals surface area contributed by atoms with Gasteiger partial charge in [-0.1, -0.05) is 26.0 Å². The highest BCUT2D eigenvalue weighted by molar-refractivity contribution is 5.83. The fourth-order valence-electron chi connectivity index (χ4n) is 9.78. The number of hydrogen-bond acceptors (Lipinski definition) is 4. The Morgan fingerprint density at radius 3 is 2.69 bits per heavy atom. The average molecular weight is 493 g/mol. The monoisotopic (exact) mass is 492 g/mol. The highest BCUT2D eigenvalue weighted by Crippen LogP contribution is 2.68. The van der Waals surface area contributed by atoms with E-state index in [2.05, 4.69) is 39.0 Å². The SMILES string of the molecule is COC[C@@]1(O)CC[C@@]2(C)[C@@H](CC[C@@H]3[C@@H]2CC[C@]2(C)[C@@H](C(=O)Cn4cc5ccc(C)cc5n4)CC[C@@H]32)C1. The van der Waals surface area contributed by atoms with E-state index in [1.165, 1.54) is 37.7 Å². The topological polar surface area (TPSA) is 64.3 Å². The van der Waals surface area contributed by atoms with Crippen LogP contribution in [-0.4, -0.2) is 40.0 Å². The molecule has 5 heteroatoms. The van der Waals surface area contributed by atoms with Crippen molar-refractivity contribution in [3.63, 3.8) is 0 Å². The number of ketones is 1. The molecule has 4 aliphatic rings. The Labute approximate surface area is 216 Å². The van der Waals surface area contributed by atoms with E-state index in [0.717, 1.165) is 48.4 Å². The molecule has 5 nitrogen and oxygen atoms in total. The largest absolute Gasteiger partial charge is 0.387 e. The first-order valence-electron chi connectivity index (χ1n) is 14.3. The summed E-state index contributed by atoms with van der Waals surface area (Å²) in [4.78, 5) is 13.7.